The van der Waals surface area contributed by atoms with Crippen molar-refractivity contribution in [3.8, 4) is 11.3 Å². The highest BCUT2D eigenvalue weighted by molar-refractivity contribution is 8.00. The second kappa shape index (κ2) is 7.09. The number of aromatic nitrogens is 1. The lowest BCUT2D eigenvalue weighted by molar-refractivity contribution is 0.591. The second-order valence-electron chi connectivity index (χ2n) is 6.75. The molecule has 1 atom stereocenters. The molecule has 0 amide bonds. The summed E-state index contributed by atoms with van der Waals surface area (Å²) < 4.78 is 20.6. The van der Waals surface area contributed by atoms with Gasteiger partial charge in [0.25, 0.3) is 6.01 Å². The zero-order chi connectivity index (χ0) is 18.9. The number of benzene rings is 2. The summed E-state index contributed by atoms with van der Waals surface area (Å²) in [6, 6.07) is 14.2. The molecule has 27 heavy (non-hydrogen) atoms. The molecule has 2 aromatic carbocycles. The summed E-state index contributed by atoms with van der Waals surface area (Å²) in [5.74, 6) is 4.33. The Kier molecular flexibility index (Phi) is 4.63. The van der Waals surface area contributed by atoms with E-state index in [1.807, 2.05) is 24.3 Å². The van der Waals surface area contributed by atoms with E-state index in [1.165, 1.54) is 11.1 Å². The standard InChI is InChI=1S/C20H22N4O2S/c1-27(2,25)24-18-5-3-4-17(11-18)23-20-22-13-19(26-20)15-6-7-16-12-21-9-8-14(16)10-15/h3-7,10-11,13,21H,1,8-9,12H2,2H3,(H,22,23)(H,24,25). The van der Waals surface area contributed by atoms with Gasteiger partial charge in [0.1, 0.15) is 0 Å². The molecule has 0 aliphatic carbocycles. The molecule has 1 unspecified atom stereocenters. The zero-order valence-electron chi connectivity index (χ0n) is 15.1. The van der Waals surface area contributed by atoms with Crippen LogP contribution in [0.15, 0.2) is 53.1 Å². The van der Waals surface area contributed by atoms with E-state index in [1.54, 1.807) is 12.5 Å². The minimum atomic E-state index is -2.33. The van der Waals surface area contributed by atoms with Crippen molar-refractivity contribution in [2.45, 2.75) is 13.0 Å². The third kappa shape index (κ3) is 4.32. The Hall–Kier alpha value is -2.77. The van der Waals surface area contributed by atoms with Gasteiger partial charge in [0.15, 0.2) is 5.76 Å². The van der Waals surface area contributed by atoms with Crippen LogP contribution in [0.3, 0.4) is 0 Å². The molecule has 3 aromatic rings. The third-order valence-electron chi connectivity index (χ3n) is 4.33. The molecule has 0 bridgehead atoms. The maximum Gasteiger partial charge on any atom is 0.299 e. The molecule has 1 aliphatic rings. The highest BCUT2D eigenvalue weighted by Gasteiger charge is 2.12. The predicted molar refractivity (Wildman–Crippen MR) is 112 cm³/mol. The SMILES string of the molecule is C=S(C)(=O)Nc1cccc(Nc2ncc(-c3ccc4c(c3)CCNC4)o2)c1. The smallest absolute Gasteiger partial charge is 0.299 e. The molecule has 6 nitrogen and oxygen atoms in total. The second-order valence-corrected chi connectivity index (χ2v) is 8.97. The maximum atomic E-state index is 11.8. The van der Waals surface area contributed by atoms with Gasteiger partial charge in [0.05, 0.1) is 6.20 Å². The van der Waals surface area contributed by atoms with Gasteiger partial charge in [-0.2, -0.15) is 0 Å². The van der Waals surface area contributed by atoms with Gasteiger partial charge in [-0.1, -0.05) is 18.2 Å². The Bertz CT molecular complexity index is 1070. The van der Waals surface area contributed by atoms with E-state index >= 15 is 0 Å². The predicted octanol–water partition coefficient (Wildman–Crippen LogP) is 3.40. The number of rotatable bonds is 5. The first-order valence-electron chi connectivity index (χ1n) is 8.72. The number of hydrogen-bond acceptors (Lipinski definition) is 5. The third-order valence-corrected chi connectivity index (χ3v) is 5.00. The number of anilines is 3. The van der Waals surface area contributed by atoms with Gasteiger partial charge in [-0.05, 0) is 54.2 Å². The van der Waals surface area contributed by atoms with Gasteiger partial charge in [-0.15, -0.1) is 0 Å². The van der Waals surface area contributed by atoms with Crippen molar-refractivity contribution >= 4 is 33.0 Å². The van der Waals surface area contributed by atoms with Crippen molar-refractivity contribution in [3.63, 3.8) is 0 Å². The molecular formula is C20H22N4O2S. The topological polar surface area (TPSA) is 79.2 Å². The summed E-state index contributed by atoms with van der Waals surface area (Å²) in [4.78, 5) is 4.32. The Morgan fingerprint density at radius 1 is 1.19 bits per heavy atom. The minimum Gasteiger partial charge on any atom is -0.423 e. The average molecular weight is 382 g/mol. The molecule has 3 N–H and O–H groups in total. The van der Waals surface area contributed by atoms with Crippen molar-refractivity contribution in [2.24, 2.45) is 0 Å². The monoisotopic (exact) mass is 382 g/mol. The molecule has 0 saturated carbocycles. The van der Waals surface area contributed by atoms with Crippen LogP contribution >= 0.6 is 0 Å². The molecule has 4 rings (SSSR count). The molecule has 7 heteroatoms. The lowest BCUT2D eigenvalue weighted by Crippen LogP contribution is -2.23. The van der Waals surface area contributed by atoms with Crippen molar-refractivity contribution in [2.75, 3.05) is 22.8 Å². The lowest BCUT2D eigenvalue weighted by atomic mass is 9.98. The summed E-state index contributed by atoms with van der Waals surface area (Å²) in [5, 5.41) is 6.52. The number of hydrogen-bond donors (Lipinski definition) is 3. The fourth-order valence-corrected chi connectivity index (χ4v) is 3.75. The van der Waals surface area contributed by atoms with E-state index in [2.05, 4.69) is 44.4 Å². The van der Waals surface area contributed by atoms with Crippen LogP contribution < -0.4 is 15.4 Å². The van der Waals surface area contributed by atoms with Gasteiger partial charge in [0, 0.05) is 39.4 Å². The van der Waals surface area contributed by atoms with Crippen LogP contribution in [0.25, 0.3) is 11.3 Å². The highest BCUT2D eigenvalue weighted by Crippen LogP contribution is 2.28. The molecule has 2 heterocycles. The fourth-order valence-electron chi connectivity index (χ4n) is 3.13. The van der Waals surface area contributed by atoms with E-state index in [4.69, 9.17) is 4.42 Å². The largest absolute Gasteiger partial charge is 0.423 e. The molecule has 0 spiro atoms. The highest BCUT2D eigenvalue weighted by atomic mass is 32.2. The minimum absolute atomic E-state index is 0.411. The van der Waals surface area contributed by atoms with Crippen molar-refractivity contribution < 1.29 is 8.63 Å². The first-order chi connectivity index (χ1) is 13.0. The van der Waals surface area contributed by atoms with Crippen LogP contribution in [-0.4, -0.2) is 27.9 Å². The number of oxazole rings is 1. The summed E-state index contributed by atoms with van der Waals surface area (Å²) in [7, 11) is -2.33. The summed E-state index contributed by atoms with van der Waals surface area (Å²) in [6.45, 7) is 1.92. The van der Waals surface area contributed by atoms with E-state index < -0.39 is 9.71 Å². The molecule has 1 aromatic heterocycles. The van der Waals surface area contributed by atoms with Crippen molar-refractivity contribution in [3.05, 3.63) is 59.8 Å². The quantitative estimate of drug-likeness (QED) is 0.590. The van der Waals surface area contributed by atoms with E-state index in [0.29, 0.717) is 6.01 Å². The lowest BCUT2D eigenvalue weighted by Gasteiger charge is -2.17. The Labute approximate surface area is 159 Å². The molecule has 0 radical (unpaired) electrons. The van der Waals surface area contributed by atoms with Crippen LogP contribution in [0.2, 0.25) is 0 Å². The Morgan fingerprint density at radius 3 is 2.89 bits per heavy atom. The molecular weight excluding hydrogens is 360 g/mol. The molecule has 140 valence electrons. The number of fused-ring (bicyclic) bond motifs is 1. The van der Waals surface area contributed by atoms with Gasteiger partial charge in [-0.25, -0.2) is 9.19 Å². The van der Waals surface area contributed by atoms with E-state index in [0.717, 1.165) is 42.2 Å². The molecule has 0 fully saturated rings. The molecule has 0 saturated heterocycles. The normalized spacial score (nSPS) is 15.6. The van der Waals surface area contributed by atoms with Gasteiger partial charge < -0.3 is 19.8 Å². The van der Waals surface area contributed by atoms with Crippen LogP contribution in [0, 0.1) is 0 Å². The number of nitrogens with zero attached hydrogens (tertiary/aromatic N) is 1. The maximum absolute atomic E-state index is 11.8. The Balaban J connectivity index is 1.53. The molecule has 1 aliphatic heterocycles. The zero-order valence-corrected chi connectivity index (χ0v) is 15.9. The van der Waals surface area contributed by atoms with Crippen molar-refractivity contribution in [1.82, 2.24) is 10.3 Å². The van der Waals surface area contributed by atoms with Crippen LogP contribution in [0.5, 0.6) is 0 Å². The average Bonchev–Trinajstić information content (AvgIpc) is 3.08. The summed E-state index contributed by atoms with van der Waals surface area (Å²) in [5.41, 5.74) is 5.22. The summed E-state index contributed by atoms with van der Waals surface area (Å²) >= 11 is 0. The Morgan fingerprint density at radius 2 is 2.04 bits per heavy atom. The van der Waals surface area contributed by atoms with Gasteiger partial charge in [0.2, 0.25) is 0 Å². The number of nitrogens with one attached hydrogen (secondary N) is 3. The van der Waals surface area contributed by atoms with Gasteiger partial charge >= 0.3 is 0 Å². The van der Waals surface area contributed by atoms with Gasteiger partial charge in [-0.3, -0.25) is 0 Å². The first-order valence-corrected chi connectivity index (χ1v) is 10.9. The fraction of sp³-hybridized carbons (Fsp3) is 0.200. The van der Waals surface area contributed by atoms with Crippen LogP contribution in [-0.2, 0) is 22.7 Å². The van der Waals surface area contributed by atoms with Crippen LogP contribution in [0.4, 0.5) is 17.4 Å². The van der Waals surface area contributed by atoms with E-state index in [-0.39, 0.29) is 0 Å². The summed E-state index contributed by atoms with van der Waals surface area (Å²) in [6.07, 6.45) is 4.30. The van der Waals surface area contributed by atoms with Crippen molar-refractivity contribution in [1.29, 1.82) is 0 Å². The van der Waals surface area contributed by atoms with E-state index in [9.17, 15) is 4.21 Å². The van der Waals surface area contributed by atoms with Crippen LogP contribution in [0.1, 0.15) is 11.1 Å². The first kappa shape index (κ1) is 17.6.